The van der Waals surface area contributed by atoms with Crippen molar-refractivity contribution >= 4 is 45.0 Å². The number of para-hydroxylation sites is 1. The van der Waals surface area contributed by atoms with Gasteiger partial charge in [0.1, 0.15) is 10.7 Å². The Morgan fingerprint density at radius 3 is 2.35 bits per heavy atom. The normalized spacial score (nSPS) is 14.2. The predicted molar refractivity (Wildman–Crippen MR) is 159 cm³/mol. The van der Waals surface area contributed by atoms with Crippen molar-refractivity contribution in [2.45, 2.75) is 4.90 Å². The summed E-state index contributed by atoms with van der Waals surface area (Å²) in [7, 11) is -1.64. The van der Waals surface area contributed by atoms with Gasteiger partial charge < -0.3 is 25.8 Å². The molecular formula is C29H27N7O3S. The smallest absolute Gasteiger partial charge is 0.267 e. The number of nitrogens with one attached hydrogen (secondary N) is 1. The maximum atomic E-state index is 13.7. The molecule has 1 atom stereocenters. The minimum absolute atomic E-state index is 0.100. The summed E-state index contributed by atoms with van der Waals surface area (Å²) in [6.07, 6.45) is 1.59. The molecule has 1 aliphatic rings. The van der Waals surface area contributed by atoms with Crippen LogP contribution < -0.4 is 26.6 Å². The summed E-state index contributed by atoms with van der Waals surface area (Å²) in [5.41, 5.74) is 16.2. The number of nitrogens with zero attached hydrogens (tertiary/aromatic N) is 4. The second-order valence-electron chi connectivity index (χ2n) is 9.30. The third kappa shape index (κ3) is 4.99. The second kappa shape index (κ2) is 10.8. The van der Waals surface area contributed by atoms with E-state index in [-0.39, 0.29) is 17.3 Å². The Bertz CT molecular complexity index is 1770. The van der Waals surface area contributed by atoms with Crippen molar-refractivity contribution in [3.63, 3.8) is 0 Å². The molecule has 1 fully saturated rings. The Balaban J connectivity index is 1.35. The van der Waals surface area contributed by atoms with E-state index in [2.05, 4.69) is 19.6 Å². The van der Waals surface area contributed by atoms with Crippen molar-refractivity contribution in [1.29, 1.82) is 0 Å². The van der Waals surface area contributed by atoms with Crippen LogP contribution in [0.1, 0.15) is 0 Å². The molecule has 0 radical (unpaired) electrons. The van der Waals surface area contributed by atoms with Gasteiger partial charge in [0.05, 0.1) is 29.8 Å². The van der Waals surface area contributed by atoms with E-state index in [1.165, 1.54) is 4.57 Å². The first-order valence-corrected chi connectivity index (χ1v) is 13.9. The Labute approximate surface area is 232 Å². The fourth-order valence-electron chi connectivity index (χ4n) is 4.70. The first-order valence-electron chi connectivity index (χ1n) is 12.7. The lowest BCUT2D eigenvalue weighted by Gasteiger charge is -2.29. The van der Waals surface area contributed by atoms with Crippen LogP contribution in [0.2, 0.25) is 0 Å². The van der Waals surface area contributed by atoms with Gasteiger partial charge in [-0.15, -0.1) is 0 Å². The van der Waals surface area contributed by atoms with Crippen LogP contribution in [-0.4, -0.2) is 45.0 Å². The van der Waals surface area contributed by atoms with Gasteiger partial charge in [-0.25, -0.2) is 18.7 Å². The molecule has 3 heterocycles. The SMILES string of the molecule is Nc1ncc(-c2ccc3nc(N)n(-c4ccc(N5CCOCC5)cc4)c(=O)c3c2)cc1S(=O)Nc1ccccc1. The fraction of sp³-hybridized carbons (Fsp3) is 0.138. The van der Waals surface area contributed by atoms with Gasteiger partial charge in [0.2, 0.25) is 5.95 Å². The van der Waals surface area contributed by atoms with E-state index in [4.69, 9.17) is 16.2 Å². The average Bonchev–Trinajstić information content (AvgIpc) is 2.98. The van der Waals surface area contributed by atoms with E-state index >= 15 is 0 Å². The number of nitrogen functional groups attached to an aromatic ring is 2. The van der Waals surface area contributed by atoms with E-state index in [0.717, 1.165) is 18.8 Å². The van der Waals surface area contributed by atoms with Gasteiger partial charge >= 0.3 is 0 Å². The maximum absolute atomic E-state index is 13.7. The van der Waals surface area contributed by atoms with Crippen LogP contribution in [0.5, 0.6) is 0 Å². The number of anilines is 4. The molecule has 11 heteroatoms. The van der Waals surface area contributed by atoms with Crippen molar-refractivity contribution in [2.24, 2.45) is 0 Å². The number of fused-ring (bicyclic) bond motifs is 1. The third-order valence-corrected chi connectivity index (χ3v) is 7.93. The Morgan fingerprint density at radius 2 is 1.60 bits per heavy atom. The topological polar surface area (TPSA) is 141 Å². The van der Waals surface area contributed by atoms with Gasteiger partial charge in [-0.1, -0.05) is 24.3 Å². The molecule has 0 saturated carbocycles. The quantitative estimate of drug-likeness (QED) is 0.290. The number of nitrogens with two attached hydrogens (primary N) is 2. The van der Waals surface area contributed by atoms with Crippen molar-refractivity contribution < 1.29 is 8.95 Å². The van der Waals surface area contributed by atoms with Crippen LogP contribution in [0.3, 0.4) is 0 Å². The van der Waals surface area contributed by atoms with E-state index in [1.54, 1.807) is 24.4 Å². The van der Waals surface area contributed by atoms with Gasteiger partial charge in [-0.3, -0.25) is 4.79 Å². The number of ether oxygens (including phenoxy) is 1. The van der Waals surface area contributed by atoms with E-state index < -0.39 is 11.0 Å². The molecule has 5 N–H and O–H groups in total. The summed E-state index contributed by atoms with van der Waals surface area (Å²) in [4.78, 5) is 25.0. The van der Waals surface area contributed by atoms with Gasteiger partial charge in [-0.2, -0.15) is 0 Å². The average molecular weight is 554 g/mol. The number of aromatic nitrogens is 3. The van der Waals surface area contributed by atoms with Gasteiger partial charge in [0.25, 0.3) is 5.56 Å². The molecule has 0 bridgehead atoms. The molecule has 202 valence electrons. The van der Waals surface area contributed by atoms with Crippen molar-refractivity contribution in [2.75, 3.05) is 47.4 Å². The molecule has 1 saturated heterocycles. The zero-order valence-corrected chi connectivity index (χ0v) is 22.3. The molecule has 0 aliphatic carbocycles. The number of rotatable bonds is 6. The predicted octanol–water partition coefficient (Wildman–Crippen LogP) is 3.58. The molecule has 10 nitrogen and oxygen atoms in total. The van der Waals surface area contributed by atoms with Crippen molar-refractivity contribution in [3.05, 3.63) is 95.4 Å². The van der Waals surface area contributed by atoms with Gasteiger partial charge in [0, 0.05) is 36.2 Å². The van der Waals surface area contributed by atoms with E-state index in [0.29, 0.717) is 51.5 Å². The first-order chi connectivity index (χ1) is 19.5. The highest BCUT2D eigenvalue weighted by Gasteiger charge is 2.16. The van der Waals surface area contributed by atoms with Crippen LogP contribution in [0.15, 0.2) is 94.7 Å². The largest absolute Gasteiger partial charge is 0.383 e. The monoisotopic (exact) mass is 553 g/mol. The number of benzene rings is 3. The Kier molecular flexibility index (Phi) is 6.89. The van der Waals surface area contributed by atoms with Crippen LogP contribution in [0.25, 0.3) is 27.7 Å². The van der Waals surface area contributed by atoms with Crippen LogP contribution in [-0.2, 0) is 15.7 Å². The fourth-order valence-corrected chi connectivity index (χ4v) is 5.63. The Hall–Kier alpha value is -4.74. The summed E-state index contributed by atoms with van der Waals surface area (Å²) in [6.45, 7) is 3.02. The summed E-state index contributed by atoms with van der Waals surface area (Å²) >= 11 is 0. The molecule has 0 spiro atoms. The molecule has 1 unspecified atom stereocenters. The van der Waals surface area contributed by atoms with Crippen LogP contribution >= 0.6 is 0 Å². The van der Waals surface area contributed by atoms with Crippen LogP contribution in [0.4, 0.5) is 23.1 Å². The number of hydrogen-bond donors (Lipinski definition) is 3. The highest BCUT2D eigenvalue weighted by molar-refractivity contribution is 7.86. The van der Waals surface area contributed by atoms with Crippen molar-refractivity contribution in [3.8, 4) is 16.8 Å². The highest BCUT2D eigenvalue weighted by Crippen LogP contribution is 2.27. The van der Waals surface area contributed by atoms with E-state index in [9.17, 15) is 9.00 Å². The first kappa shape index (κ1) is 25.5. The molecule has 0 amide bonds. The number of morpholine rings is 1. The molecule has 1 aliphatic heterocycles. The summed E-state index contributed by atoms with van der Waals surface area (Å²) < 4.78 is 22.8. The zero-order chi connectivity index (χ0) is 27.6. The standard InChI is InChI=1S/C29H27N7O3S/c30-27-26(40(38)34-21-4-2-1-3-5-21)17-20(18-32-27)19-6-11-25-24(16-19)28(37)36(29(31)33-25)23-9-7-22(8-10-23)35-12-14-39-15-13-35/h1-11,16-18,34H,12-15H2,(H2,30,32)(H2,31,33). The second-order valence-corrected chi connectivity index (χ2v) is 10.5. The van der Waals surface area contributed by atoms with Crippen molar-refractivity contribution in [1.82, 2.24) is 14.5 Å². The molecule has 40 heavy (non-hydrogen) atoms. The molecular weight excluding hydrogens is 526 g/mol. The third-order valence-electron chi connectivity index (χ3n) is 6.78. The molecule has 6 rings (SSSR count). The maximum Gasteiger partial charge on any atom is 0.267 e. The summed E-state index contributed by atoms with van der Waals surface area (Å²) in [5.74, 6) is 0.256. The Morgan fingerprint density at radius 1 is 0.875 bits per heavy atom. The number of hydrogen-bond acceptors (Lipinski definition) is 8. The van der Waals surface area contributed by atoms with Gasteiger partial charge in [0.15, 0.2) is 11.0 Å². The highest BCUT2D eigenvalue weighted by atomic mass is 32.2. The van der Waals surface area contributed by atoms with Crippen LogP contribution in [0, 0.1) is 0 Å². The lowest BCUT2D eigenvalue weighted by atomic mass is 10.1. The molecule has 5 aromatic rings. The molecule has 2 aromatic heterocycles. The zero-order valence-electron chi connectivity index (χ0n) is 21.5. The number of pyridine rings is 1. The summed E-state index contributed by atoms with van der Waals surface area (Å²) in [5, 5.41) is 0.394. The lowest BCUT2D eigenvalue weighted by molar-refractivity contribution is 0.122. The minimum Gasteiger partial charge on any atom is -0.383 e. The summed E-state index contributed by atoms with van der Waals surface area (Å²) in [6, 6.07) is 23.9. The molecule has 3 aromatic carbocycles. The minimum atomic E-state index is -1.64. The van der Waals surface area contributed by atoms with Gasteiger partial charge in [-0.05, 0) is 60.2 Å². The lowest BCUT2D eigenvalue weighted by Crippen LogP contribution is -2.36. The van der Waals surface area contributed by atoms with E-state index in [1.807, 2.05) is 60.7 Å².